The molecule has 0 spiro atoms. The summed E-state index contributed by atoms with van der Waals surface area (Å²) in [4.78, 5) is 38.1. The van der Waals surface area contributed by atoms with Crippen molar-refractivity contribution in [2.75, 3.05) is 0 Å². The number of benzene rings is 1. The zero-order chi connectivity index (χ0) is 15.8. The molecular weight excluding hydrogens is 276 g/mol. The molecule has 3 aliphatic carbocycles. The topological polar surface area (TPSA) is 51.2 Å². The number of hydrogen-bond acceptors (Lipinski definition) is 3. The van der Waals surface area contributed by atoms with Gasteiger partial charge < -0.3 is 0 Å². The number of aryl methyl sites for hydroxylation is 3. The molecule has 1 aromatic carbocycles. The van der Waals surface area contributed by atoms with Gasteiger partial charge in [0.15, 0.2) is 11.6 Å². The number of rotatable bonds is 1. The molecule has 0 saturated heterocycles. The van der Waals surface area contributed by atoms with Crippen LogP contribution in [-0.2, 0) is 14.4 Å². The van der Waals surface area contributed by atoms with Gasteiger partial charge in [0.1, 0.15) is 11.7 Å². The van der Waals surface area contributed by atoms with Crippen molar-refractivity contribution < 1.29 is 14.4 Å². The van der Waals surface area contributed by atoms with Crippen molar-refractivity contribution in [2.45, 2.75) is 39.5 Å². The lowest BCUT2D eigenvalue weighted by molar-refractivity contribution is -0.130. The number of carbonyl (C=O) groups is 3. The van der Waals surface area contributed by atoms with E-state index in [-0.39, 0.29) is 41.0 Å². The first-order chi connectivity index (χ1) is 10.4. The third kappa shape index (κ3) is 1.54. The van der Waals surface area contributed by atoms with E-state index in [1.807, 2.05) is 32.9 Å². The van der Waals surface area contributed by atoms with E-state index in [0.717, 1.165) is 35.1 Å². The second-order valence-electron chi connectivity index (χ2n) is 7.29. The molecule has 4 unspecified atom stereocenters. The molecule has 0 aliphatic heterocycles. The predicted octanol–water partition coefficient (Wildman–Crippen LogP) is 2.69. The van der Waals surface area contributed by atoms with Gasteiger partial charge in [-0.15, -0.1) is 0 Å². The molecule has 2 bridgehead atoms. The van der Waals surface area contributed by atoms with Crippen molar-refractivity contribution >= 4 is 17.3 Å². The fourth-order valence-corrected chi connectivity index (χ4v) is 5.34. The highest BCUT2D eigenvalue weighted by atomic mass is 16.2. The number of ketones is 3. The molecule has 3 saturated carbocycles. The fraction of sp³-hybridized carbons (Fsp3) is 0.526. The quantitative estimate of drug-likeness (QED) is 0.749. The molecule has 3 fully saturated rings. The van der Waals surface area contributed by atoms with Crippen LogP contribution in [0.25, 0.3) is 0 Å². The fourth-order valence-electron chi connectivity index (χ4n) is 5.34. The zero-order valence-corrected chi connectivity index (χ0v) is 13.2. The summed E-state index contributed by atoms with van der Waals surface area (Å²) in [6.07, 6.45) is 1.59. The third-order valence-corrected chi connectivity index (χ3v) is 6.03. The van der Waals surface area contributed by atoms with Crippen LogP contribution in [-0.4, -0.2) is 17.3 Å². The van der Waals surface area contributed by atoms with Crippen LogP contribution < -0.4 is 0 Å². The molecule has 0 amide bonds. The van der Waals surface area contributed by atoms with Gasteiger partial charge in [0.2, 0.25) is 0 Å². The lowest BCUT2D eigenvalue weighted by Crippen LogP contribution is -2.24. The molecule has 4 atom stereocenters. The van der Waals surface area contributed by atoms with Gasteiger partial charge in [0, 0.05) is 23.7 Å². The van der Waals surface area contributed by atoms with Crippen LogP contribution in [0.4, 0.5) is 0 Å². The summed E-state index contributed by atoms with van der Waals surface area (Å²) in [5.41, 5.74) is 4.07. The standard InChI is InChI=1S/C19H20O3/c1-8-6-9(2)13(10(3)7-8)16-18(21)14-11-4-5-12(17(11)20)15(14)19(16)22/h6-7,11-12,14-16H,4-5H2,1-3H3. The van der Waals surface area contributed by atoms with Crippen molar-refractivity contribution in [1.82, 2.24) is 0 Å². The van der Waals surface area contributed by atoms with E-state index < -0.39 is 5.92 Å². The Hall–Kier alpha value is -1.77. The minimum atomic E-state index is -0.633. The summed E-state index contributed by atoms with van der Waals surface area (Å²) in [5, 5.41) is 0. The van der Waals surface area contributed by atoms with Crippen LogP contribution in [0, 0.1) is 44.4 Å². The maximum absolute atomic E-state index is 12.9. The molecule has 0 aromatic heterocycles. The Morgan fingerprint density at radius 3 is 1.68 bits per heavy atom. The van der Waals surface area contributed by atoms with Crippen LogP contribution in [0.15, 0.2) is 12.1 Å². The number of Topliss-reactive ketones (excluding diaryl/α,β-unsaturated/α-hetero) is 3. The lowest BCUT2D eigenvalue weighted by Gasteiger charge is -2.19. The van der Waals surface area contributed by atoms with Gasteiger partial charge in [0.25, 0.3) is 0 Å². The smallest absolute Gasteiger partial charge is 0.152 e. The second kappa shape index (κ2) is 4.37. The van der Waals surface area contributed by atoms with Gasteiger partial charge in [-0.2, -0.15) is 0 Å². The van der Waals surface area contributed by atoms with Gasteiger partial charge in [-0.05, 0) is 50.3 Å². The molecule has 3 aliphatic rings. The Kier molecular flexibility index (Phi) is 2.76. The zero-order valence-electron chi connectivity index (χ0n) is 13.2. The largest absolute Gasteiger partial charge is 0.299 e. The average Bonchev–Trinajstić information content (AvgIpc) is 3.02. The molecule has 114 valence electrons. The first-order valence-electron chi connectivity index (χ1n) is 8.10. The Balaban J connectivity index is 1.82. The third-order valence-electron chi connectivity index (χ3n) is 6.03. The van der Waals surface area contributed by atoms with Crippen molar-refractivity contribution in [3.05, 3.63) is 34.4 Å². The SMILES string of the molecule is Cc1cc(C)c(C2C(=O)C3C4CCC(C4=O)C3C2=O)c(C)c1. The average molecular weight is 296 g/mol. The number of fused-ring (bicyclic) bond motifs is 5. The first-order valence-corrected chi connectivity index (χ1v) is 8.10. The van der Waals surface area contributed by atoms with Crippen molar-refractivity contribution in [1.29, 1.82) is 0 Å². The van der Waals surface area contributed by atoms with E-state index in [2.05, 4.69) is 0 Å². The highest BCUT2D eigenvalue weighted by Gasteiger charge is 2.65. The van der Waals surface area contributed by atoms with Crippen LogP contribution in [0.2, 0.25) is 0 Å². The van der Waals surface area contributed by atoms with E-state index in [9.17, 15) is 14.4 Å². The summed E-state index contributed by atoms with van der Waals surface area (Å²) >= 11 is 0. The maximum atomic E-state index is 12.9. The van der Waals surface area contributed by atoms with Crippen molar-refractivity contribution in [2.24, 2.45) is 23.7 Å². The normalized spacial score (nSPS) is 36.3. The molecular formula is C19H20O3. The van der Waals surface area contributed by atoms with Crippen LogP contribution in [0.5, 0.6) is 0 Å². The maximum Gasteiger partial charge on any atom is 0.152 e. The van der Waals surface area contributed by atoms with Gasteiger partial charge in [-0.3, -0.25) is 14.4 Å². The van der Waals surface area contributed by atoms with Crippen molar-refractivity contribution in [3.8, 4) is 0 Å². The molecule has 22 heavy (non-hydrogen) atoms. The summed E-state index contributed by atoms with van der Waals surface area (Å²) < 4.78 is 0. The summed E-state index contributed by atoms with van der Waals surface area (Å²) in [7, 11) is 0. The Morgan fingerprint density at radius 1 is 0.773 bits per heavy atom. The molecule has 0 N–H and O–H groups in total. The Labute approximate surface area is 130 Å². The van der Waals surface area contributed by atoms with Crippen LogP contribution in [0.3, 0.4) is 0 Å². The highest BCUT2D eigenvalue weighted by Crippen LogP contribution is 2.57. The monoisotopic (exact) mass is 296 g/mol. The van der Waals surface area contributed by atoms with Gasteiger partial charge in [0.05, 0.1) is 0 Å². The van der Waals surface area contributed by atoms with Crippen molar-refractivity contribution in [3.63, 3.8) is 0 Å². The molecule has 3 nitrogen and oxygen atoms in total. The molecule has 1 aromatic rings. The first kappa shape index (κ1) is 13.9. The lowest BCUT2D eigenvalue weighted by atomic mass is 9.81. The van der Waals surface area contributed by atoms with Gasteiger partial charge >= 0.3 is 0 Å². The molecule has 4 rings (SSSR count). The van der Waals surface area contributed by atoms with E-state index >= 15 is 0 Å². The van der Waals surface area contributed by atoms with Crippen LogP contribution >= 0.6 is 0 Å². The Morgan fingerprint density at radius 2 is 1.23 bits per heavy atom. The van der Waals surface area contributed by atoms with Gasteiger partial charge in [-0.1, -0.05) is 17.7 Å². The molecule has 0 radical (unpaired) electrons. The van der Waals surface area contributed by atoms with E-state index in [1.165, 1.54) is 0 Å². The predicted molar refractivity (Wildman–Crippen MR) is 81.6 cm³/mol. The number of hydrogen-bond donors (Lipinski definition) is 0. The van der Waals surface area contributed by atoms with Crippen LogP contribution in [0.1, 0.15) is 41.0 Å². The van der Waals surface area contributed by atoms with E-state index in [0.29, 0.717) is 0 Å². The second-order valence-corrected chi connectivity index (χ2v) is 7.29. The minimum Gasteiger partial charge on any atom is -0.299 e. The summed E-state index contributed by atoms with van der Waals surface area (Å²) in [5.74, 6) is -1.46. The van der Waals surface area contributed by atoms with E-state index in [1.54, 1.807) is 0 Å². The molecule has 0 heterocycles. The highest BCUT2D eigenvalue weighted by molar-refractivity contribution is 6.20. The molecule has 3 heteroatoms. The summed E-state index contributed by atoms with van der Waals surface area (Å²) in [6.45, 7) is 5.98. The van der Waals surface area contributed by atoms with E-state index in [4.69, 9.17) is 0 Å². The Bertz CT molecular complexity index is 675. The van der Waals surface area contributed by atoms with Gasteiger partial charge in [-0.25, -0.2) is 0 Å². The summed E-state index contributed by atoms with van der Waals surface area (Å²) in [6, 6.07) is 4.08. The minimum absolute atomic E-state index is 0.00519. The number of carbonyl (C=O) groups excluding carboxylic acids is 3.